The molecule has 0 saturated carbocycles. The summed E-state index contributed by atoms with van der Waals surface area (Å²) in [4.78, 5) is 4.50. The Balaban J connectivity index is 2.26. The number of hydrogen-bond acceptors (Lipinski definition) is 3. The molecule has 0 radical (unpaired) electrons. The van der Waals surface area contributed by atoms with Gasteiger partial charge in [0, 0.05) is 16.7 Å². The fraction of sp³-hybridized carbons (Fsp3) is 0.0769. The molecule has 1 heterocycles. The van der Waals surface area contributed by atoms with Gasteiger partial charge in [-0.1, -0.05) is 29.3 Å². The number of rotatable bonds is 3. The molecule has 3 nitrogen and oxygen atoms in total. The summed E-state index contributed by atoms with van der Waals surface area (Å²) in [7, 11) is -1.30. The molecule has 19 heavy (non-hydrogen) atoms. The zero-order valence-electron chi connectivity index (χ0n) is 9.64. The van der Waals surface area contributed by atoms with Crippen molar-refractivity contribution in [2.75, 3.05) is 0 Å². The fourth-order valence-electron chi connectivity index (χ4n) is 1.50. The summed E-state index contributed by atoms with van der Waals surface area (Å²) in [5.74, 6) is 0.217. The van der Waals surface area contributed by atoms with E-state index in [2.05, 4.69) is 4.98 Å². The monoisotopic (exact) mass is 310 g/mol. The number of benzene rings is 1. The molecule has 2 aromatic rings. The maximum Gasteiger partial charge on any atom is 0.144 e. The van der Waals surface area contributed by atoms with Gasteiger partial charge in [-0.25, -0.2) is 4.98 Å². The van der Waals surface area contributed by atoms with Crippen molar-refractivity contribution in [2.24, 2.45) is 0 Å². The van der Waals surface area contributed by atoms with E-state index in [1.54, 1.807) is 30.3 Å². The van der Waals surface area contributed by atoms with Gasteiger partial charge >= 0.3 is 0 Å². The molecule has 0 spiro atoms. The number of hydrogen-bond donors (Lipinski definition) is 0. The Labute approximate surface area is 123 Å². The fourth-order valence-corrected chi connectivity index (χ4v) is 3.01. The first-order valence-corrected chi connectivity index (χ1v) is 7.36. The van der Waals surface area contributed by atoms with Crippen molar-refractivity contribution in [2.45, 2.75) is 10.6 Å². The lowest BCUT2D eigenvalue weighted by atomic mass is 10.2. The largest absolute Gasteiger partial charge is 0.254 e. The van der Waals surface area contributed by atoms with E-state index in [9.17, 15) is 4.21 Å². The summed E-state index contributed by atoms with van der Waals surface area (Å²) in [5.41, 5.74) is 0.935. The van der Waals surface area contributed by atoms with E-state index in [1.165, 1.54) is 6.20 Å². The lowest BCUT2D eigenvalue weighted by Crippen LogP contribution is -2.00. The van der Waals surface area contributed by atoms with Crippen LogP contribution >= 0.6 is 23.2 Å². The SMILES string of the molecule is N#Cc1ncccc1CS(=O)c1ccc(Cl)c(Cl)c1. The predicted octanol–water partition coefficient (Wildman–Crippen LogP) is 3.57. The van der Waals surface area contributed by atoms with E-state index in [4.69, 9.17) is 28.5 Å². The van der Waals surface area contributed by atoms with E-state index in [0.29, 0.717) is 20.5 Å². The highest BCUT2D eigenvalue weighted by atomic mass is 35.5. The first-order valence-electron chi connectivity index (χ1n) is 5.29. The number of aromatic nitrogens is 1. The smallest absolute Gasteiger partial charge is 0.144 e. The summed E-state index contributed by atoms with van der Waals surface area (Å²) in [6.07, 6.45) is 1.53. The minimum atomic E-state index is -1.30. The molecule has 1 aromatic heterocycles. The van der Waals surface area contributed by atoms with Crippen LogP contribution in [0, 0.1) is 11.3 Å². The van der Waals surface area contributed by atoms with Crippen LogP contribution in [0.15, 0.2) is 41.4 Å². The molecule has 0 saturated heterocycles. The Bertz CT molecular complexity index is 683. The van der Waals surface area contributed by atoms with Crippen molar-refractivity contribution in [3.8, 4) is 6.07 Å². The second-order valence-corrected chi connectivity index (χ2v) is 5.95. The van der Waals surface area contributed by atoms with Crippen LogP contribution in [0.4, 0.5) is 0 Å². The third kappa shape index (κ3) is 3.32. The van der Waals surface area contributed by atoms with Gasteiger partial charge in [-0.05, 0) is 24.3 Å². The van der Waals surface area contributed by atoms with Crippen LogP contribution in [0.1, 0.15) is 11.3 Å². The van der Waals surface area contributed by atoms with Gasteiger partial charge in [0.05, 0.1) is 26.6 Å². The molecule has 6 heteroatoms. The molecule has 1 atom stereocenters. The van der Waals surface area contributed by atoms with E-state index in [-0.39, 0.29) is 11.4 Å². The molecular formula is C13H8Cl2N2OS. The van der Waals surface area contributed by atoms with Crippen LogP contribution in [0.2, 0.25) is 10.0 Å². The quantitative estimate of drug-likeness (QED) is 0.871. The minimum absolute atomic E-state index is 0.217. The maximum atomic E-state index is 12.2. The number of pyridine rings is 1. The van der Waals surface area contributed by atoms with E-state index in [1.807, 2.05) is 6.07 Å². The second kappa shape index (κ2) is 6.16. The van der Waals surface area contributed by atoms with Crippen molar-refractivity contribution < 1.29 is 4.21 Å². The van der Waals surface area contributed by atoms with Crippen LogP contribution in [-0.4, -0.2) is 9.19 Å². The number of nitriles is 1. The van der Waals surface area contributed by atoms with E-state index >= 15 is 0 Å². The average Bonchev–Trinajstić information content (AvgIpc) is 2.42. The summed E-state index contributed by atoms with van der Waals surface area (Å²) in [5, 5.41) is 9.71. The molecule has 0 aliphatic heterocycles. The van der Waals surface area contributed by atoms with Crippen molar-refractivity contribution in [1.29, 1.82) is 5.26 Å². The molecule has 0 fully saturated rings. The summed E-state index contributed by atoms with van der Waals surface area (Å²) < 4.78 is 12.2. The molecule has 0 N–H and O–H groups in total. The highest BCUT2D eigenvalue weighted by molar-refractivity contribution is 7.84. The van der Waals surface area contributed by atoms with Gasteiger partial charge in [-0.2, -0.15) is 5.26 Å². The molecule has 0 aliphatic carbocycles. The molecule has 0 aliphatic rings. The topological polar surface area (TPSA) is 53.8 Å². The Morgan fingerprint density at radius 3 is 2.74 bits per heavy atom. The zero-order valence-corrected chi connectivity index (χ0v) is 12.0. The van der Waals surface area contributed by atoms with Gasteiger partial charge in [0.2, 0.25) is 0 Å². The third-order valence-electron chi connectivity index (χ3n) is 2.44. The summed E-state index contributed by atoms with van der Waals surface area (Å²) in [6, 6.07) is 10.3. The van der Waals surface area contributed by atoms with Gasteiger partial charge in [-0.3, -0.25) is 4.21 Å². The van der Waals surface area contributed by atoms with Crippen molar-refractivity contribution in [3.05, 3.63) is 57.8 Å². The van der Waals surface area contributed by atoms with Gasteiger partial charge in [-0.15, -0.1) is 0 Å². The lowest BCUT2D eigenvalue weighted by molar-refractivity contribution is 0.682. The third-order valence-corrected chi connectivity index (χ3v) is 4.53. The van der Waals surface area contributed by atoms with E-state index < -0.39 is 10.8 Å². The predicted molar refractivity (Wildman–Crippen MR) is 75.5 cm³/mol. The van der Waals surface area contributed by atoms with Gasteiger partial charge in [0.25, 0.3) is 0 Å². The molecule has 2 rings (SSSR count). The van der Waals surface area contributed by atoms with Gasteiger partial charge in [0.1, 0.15) is 11.8 Å². The van der Waals surface area contributed by atoms with Crippen LogP contribution in [-0.2, 0) is 16.6 Å². The normalized spacial score (nSPS) is 11.8. The molecule has 96 valence electrons. The number of halogens is 2. The second-order valence-electron chi connectivity index (χ2n) is 3.69. The molecule has 1 aromatic carbocycles. The molecule has 0 amide bonds. The highest BCUT2D eigenvalue weighted by Crippen LogP contribution is 2.25. The van der Waals surface area contributed by atoms with Crippen molar-refractivity contribution in [3.63, 3.8) is 0 Å². The molecule has 0 bridgehead atoms. The highest BCUT2D eigenvalue weighted by Gasteiger charge is 2.10. The van der Waals surface area contributed by atoms with Gasteiger partial charge < -0.3 is 0 Å². The van der Waals surface area contributed by atoms with Crippen molar-refractivity contribution in [1.82, 2.24) is 4.98 Å². The Morgan fingerprint density at radius 1 is 1.26 bits per heavy atom. The molecular weight excluding hydrogens is 303 g/mol. The van der Waals surface area contributed by atoms with Crippen molar-refractivity contribution >= 4 is 34.0 Å². The number of nitrogens with zero attached hydrogens (tertiary/aromatic N) is 2. The van der Waals surface area contributed by atoms with Crippen LogP contribution < -0.4 is 0 Å². The van der Waals surface area contributed by atoms with Crippen LogP contribution in [0.25, 0.3) is 0 Å². The Kier molecular flexibility index (Phi) is 4.54. The average molecular weight is 311 g/mol. The van der Waals surface area contributed by atoms with Gasteiger partial charge in [0.15, 0.2) is 0 Å². The van der Waals surface area contributed by atoms with E-state index in [0.717, 1.165) is 0 Å². The first-order chi connectivity index (χ1) is 9.11. The Morgan fingerprint density at radius 2 is 2.05 bits per heavy atom. The first kappa shape index (κ1) is 14.0. The maximum absolute atomic E-state index is 12.2. The Hall–Kier alpha value is -1.41. The summed E-state index contributed by atoms with van der Waals surface area (Å²) in [6.45, 7) is 0. The van der Waals surface area contributed by atoms with Crippen LogP contribution in [0.3, 0.4) is 0 Å². The minimum Gasteiger partial charge on any atom is -0.254 e. The lowest BCUT2D eigenvalue weighted by Gasteiger charge is -2.05. The van der Waals surface area contributed by atoms with Crippen LogP contribution in [0.5, 0.6) is 0 Å². The zero-order chi connectivity index (χ0) is 13.8. The summed E-state index contributed by atoms with van der Waals surface area (Å²) >= 11 is 11.7. The molecule has 1 unspecified atom stereocenters. The standard InChI is InChI=1S/C13H8Cl2N2OS/c14-11-4-3-10(6-12(11)15)19(18)8-9-2-1-5-17-13(9)7-16/h1-6H,8H2.